The van der Waals surface area contributed by atoms with Crippen molar-refractivity contribution in [3.05, 3.63) is 29.8 Å². The van der Waals surface area contributed by atoms with Crippen LogP contribution in [0.4, 0.5) is 4.39 Å². The lowest BCUT2D eigenvalue weighted by Crippen LogP contribution is -2.24. The van der Waals surface area contributed by atoms with Gasteiger partial charge in [-0.25, -0.2) is 4.79 Å². The molecule has 0 saturated carbocycles. The lowest BCUT2D eigenvalue weighted by Gasteiger charge is -2.10. The summed E-state index contributed by atoms with van der Waals surface area (Å²) >= 11 is 0. The Kier molecular flexibility index (Phi) is 4.44. The highest BCUT2D eigenvalue weighted by Gasteiger charge is 2.20. The first kappa shape index (κ1) is 12.2. The topological polar surface area (TPSA) is 52.6 Å². The molecule has 4 nitrogen and oxygen atoms in total. The van der Waals surface area contributed by atoms with Gasteiger partial charge < -0.3 is 9.47 Å². The maximum Gasteiger partial charge on any atom is 0.381 e. The van der Waals surface area contributed by atoms with Gasteiger partial charge in [-0.05, 0) is 19.1 Å². The fraction of sp³-hybridized carbons (Fsp3) is 0.273. The Labute approximate surface area is 92.0 Å². The Hall–Kier alpha value is -1.91. The number of esters is 1. The number of aldehydes is 1. The van der Waals surface area contributed by atoms with Crippen molar-refractivity contribution in [2.45, 2.75) is 13.3 Å². The Morgan fingerprint density at radius 1 is 1.56 bits per heavy atom. The van der Waals surface area contributed by atoms with Crippen LogP contribution in [0.2, 0.25) is 0 Å². The second-order valence-electron chi connectivity index (χ2n) is 2.88. The minimum absolute atomic E-state index is 0.0803. The molecule has 0 fully saturated rings. The largest absolute Gasteiger partial charge is 0.461 e. The number of benzene rings is 1. The summed E-state index contributed by atoms with van der Waals surface area (Å²) in [6.07, 6.45) is -1.58. The van der Waals surface area contributed by atoms with Gasteiger partial charge in [0.1, 0.15) is 12.0 Å². The van der Waals surface area contributed by atoms with Crippen LogP contribution in [0.1, 0.15) is 17.3 Å². The third kappa shape index (κ3) is 3.34. The number of carbonyl (C=O) groups excluding carboxylic acids is 2. The van der Waals surface area contributed by atoms with E-state index in [1.165, 1.54) is 24.3 Å². The van der Waals surface area contributed by atoms with Crippen LogP contribution in [0.15, 0.2) is 24.3 Å². The summed E-state index contributed by atoms with van der Waals surface area (Å²) in [7, 11) is 0. The van der Waals surface area contributed by atoms with Crippen molar-refractivity contribution in [1.82, 2.24) is 0 Å². The molecule has 0 aliphatic rings. The molecule has 0 aliphatic heterocycles. The molecule has 0 aliphatic carbocycles. The van der Waals surface area contributed by atoms with E-state index < -0.39 is 12.3 Å². The second-order valence-corrected chi connectivity index (χ2v) is 2.88. The van der Waals surface area contributed by atoms with E-state index in [0.29, 0.717) is 11.8 Å². The number of carbonyl (C=O) groups is 2. The van der Waals surface area contributed by atoms with Crippen molar-refractivity contribution < 1.29 is 23.5 Å². The summed E-state index contributed by atoms with van der Waals surface area (Å²) in [6, 6.07) is 5.84. The fourth-order valence-electron chi connectivity index (χ4n) is 1.04. The summed E-state index contributed by atoms with van der Waals surface area (Å²) in [5.41, 5.74) is 0.341. The van der Waals surface area contributed by atoms with Gasteiger partial charge >= 0.3 is 12.3 Å². The second kappa shape index (κ2) is 5.85. The number of hydrogen-bond acceptors (Lipinski definition) is 4. The van der Waals surface area contributed by atoms with E-state index in [1.807, 2.05) is 0 Å². The highest BCUT2D eigenvalue weighted by molar-refractivity contribution is 5.76. The molecular formula is C11H11FO4. The molecule has 0 N–H and O–H groups in total. The predicted octanol–water partition coefficient (Wildman–Crippen LogP) is 1.74. The van der Waals surface area contributed by atoms with E-state index >= 15 is 0 Å². The molecule has 1 aromatic carbocycles. The maximum atomic E-state index is 13.1. The highest BCUT2D eigenvalue weighted by Crippen LogP contribution is 2.14. The Morgan fingerprint density at radius 2 is 2.31 bits per heavy atom. The summed E-state index contributed by atoms with van der Waals surface area (Å²) in [4.78, 5) is 21.4. The number of rotatable bonds is 5. The summed E-state index contributed by atoms with van der Waals surface area (Å²) in [5, 5.41) is 0. The van der Waals surface area contributed by atoms with Gasteiger partial charge in [0.05, 0.1) is 6.61 Å². The van der Waals surface area contributed by atoms with Crippen LogP contribution in [0.25, 0.3) is 0 Å². The first-order valence-electron chi connectivity index (χ1n) is 4.70. The van der Waals surface area contributed by atoms with Crippen LogP contribution >= 0.6 is 0 Å². The quantitative estimate of drug-likeness (QED) is 0.566. The molecule has 5 heteroatoms. The van der Waals surface area contributed by atoms with E-state index in [-0.39, 0.29) is 12.4 Å². The minimum atomic E-state index is -2.18. The first-order valence-corrected chi connectivity index (χ1v) is 4.70. The summed E-state index contributed by atoms with van der Waals surface area (Å²) in [5.74, 6) is -0.982. The van der Waals surface area contributed by atoms with Gasteiger partial charge in [-0.1, -0.05) is 12.1 Å². The molecule has 16 heavy (non-hydrogen) atoms. The molecule has 0 heterocycles. The summed E-state index contributed by atoms with van der Waals surface area (Å²) in [6.45, 7) is 1.65. The van der Waals surface area contributed by atoms with Crippen LogP contribution in [-0.2, 0) is 9.53 Å². The smallest absolute Gasteiger partial charge is 0.381 e. The summed E-state index contributed by atoms with van der Waals surface area (Å²) < 4.78 is 22.2. The van der Waals surface area contributed by atoms with Crippen molar-refractivity contribution >= 4 is 12.3 Å². The van der Waals surface area contributed by atoms with Gasteiger partial charge in [0, 0.05) is 5.56 Å². The van der Waals surface area contributed by atoms with E-state index in [2.05, 4.69) is 9.47 Å². The van der Waals surface area contributed by atoms with Gasteiger partial charge in [0.2, 0.25) is 0 Å². The molecule has 0 aromatic heterocycles. The van der Waals surface area contributed by atoms with Crippen LogP contribution in [0.3, 0.4) is 0 Å². The molecule has 1 rings (SSSR count). The zero-order chi connectivity index (χ0) is 12.0. The van der Waals surface area contributed by atoms with Crippen molar-refractivity contribution in [2.75, 3.05) is 6.61 Å². The standard InChI is InChI=1S/C11H11FO4/c1-2-15-11(14)10(12)16-9-5-3-4-8(6-9)7-13/h3-7,10H,2H2,1H3. The van der Waals surface area contributed by atoms with Crippen LogP contribution < -0.4 is 4.74 Å². The average Bonchev–Trinajstić information content (AvgIpc) is 2.29. The fourth-order valence-corrected chi connectivity index (χ4v) is 1.04. The van der Waals surface area contributed by atoms with Crippen molar-refractivity contribution in [2.24, 2.45) is 0 Å². The monoisotopic (exact) mass is 226 g/mol. The Bertz CT molecular complexity index is 378. The van der Waals surface area contributed by atoms with Gasteiger partial charge in [-0.15, -0.1) is 0 Å². The minimum Gasteiger partial charge on any atom is -0.461 e. The van der Waals surface area contributed by atoms with Crippen LogP contribution in [-0.4, -0.2) is 25.2 Å². The molecule has 1 atom stereocenters. The molecular weight excluding hydrogens is 215 g/mol. The molecule has 0 amide bonds. The molecule has 86 valence electrons. The van der Waals surface area contributed by atoms with E-state index in [4.69, 9.17) is 0 Å². The highest BCUT2D eigenvalue weighted by atomic mass is 19.1. The predicted molar refractivity (Wildman–Crippen MR) is 54.0 cm³/mol. The zero-order valence-corrected chi connectivity index (χ0v) is 8.68. The van der Waals surface area contributed by atoms with Crippen molar-refractivity contribution in [3.63, 3.8) is 0 Å². The molecule has 1 unspecified atom stereocenters. The normalized spacial score (nSPS) is 11.6. The van der Waals surface area contributed by atoms with Crippen LogP contribution in [0.5, 0.6) is 5.75 Å². The van der Waals surface area contributed by atoms with Crippen molar-refractivity contribution in [3.8, 4) is 5.75 Å². The van der Waals surface area contributed by atoms with E-state index in [0.717, 1.165) is 0 Å². The average molecular weight is 226 g/mol. The number of hydrogen-bond donors (Lipinski definition) is 0. The van der Waals surface area contributed by atoms with E-state index in [1.54, 1.807) is 6.92 Å². The maximum absolute atomic E-state index is 13.1. The lowest BCUT2D eigenvalue weighted by atomic mass is 10.2. The van der Waals surface area contributed by atoms with Gasteiger partial charge in [0.15, 0.2) is 0 Å². The molecule has 0 bridgehead atoms. The van der Waals surface area contributed by atoms with Gasteiger partial charge in [-0.2, -0.15) is 4.39 Å². The third-order valence-corrected chi connectivity index (χ3v) is 1.71. The molecule has 1 aromatic rings. The van der Waals surface area contributed by atoms with Crippen LogP contribution in [0, 0.1) is 0 Å². The number of ether oxygens (including phenoxy) is 2. The Balaban J connectivity index is 2.65. The first-order chi connectivity index (χ1) is 7.67. The zero-order valence-electron chi connectivity index (χ0n) is 8.68. The molecule has 0 spiro atoms. The third-order valence-electron chi connectivity index (χ3n) is 1.71. The van der Waals surface area contributed by atoms with Crippen molar-refractivity contribution in [1.29, 1.82) is 0 Å². The lowest BCUT2D eigenvalue weighted by molar-refractivity contribution is -0.159. The molecule has 0 saturated heterocycles. The number of alkyl halides is 1. The van der Waals surface area contributed by atoms with Gasteiger partial charge in [-0.3, -0.25) is 4.79 Å². The Morgan fingerprint density at radius 3 is 2.94 bits per heavy atom. The SMILES string of the molecule is CCOC(=O)C(F)Oc1cccc(C=O)c1. The number of halogens is 1. The molecule has 0 radical (unpaired) electrons. The van der Waals surface area contributed by atoms with Gasteiger partial charge in [0.25, 0.3) is 0 Å². The van der Waals surface area contributed by atoms with E-state index in [9.17, 15) is 14.0 Å².